The first-order valence-corrected chi connectivity index (χ1v) is 7.28. The number of aliphatic hydroxyl groups is 1. The largest absolute Gasteiger partial charge is 0.507 e. The number of ether oxygens (including phenoxy) is 1. The highest BCUT2D eigenvalue weighted by Gasteiger charge is 2.49. The van der Waals surface area contributed by atoms with E-state index in [0.717, 1.165) is 48.8 Å². The van der Waals surface area contributed by atoms with Crippen molar-refractivity contribution in [1.29, 1.82) is 0 Å². The molecule has 3 nitrogen and oxygen atoms in total. The molecule has 1 N–H and O–H groups in total. The number of carbonyl (C=O) groups is 1. The zero-order valence-electron chi connectivity index (χ0n) is 12.0. The van der Waals surface area contributed by atoms with E-state index in [1.165, 1.54) is 0 Å². The van der Waals surface area contributed by atoms with Gasteiger partial charge in [-0.15, -0.1) is 0 Å². The Balaban J connectivity index is 2.11. The van der Waals surface area contributed by atoms with Gasteiger partial charge < -0.3 is 9.84 Å². The third-order valence-corrected chi connectivity index (χ3v) is 4.48. The molecule has 3 rings (SSSR count). The van der Waals surface area contributed by atoms with Crippen LogP contribution < -0.4 is 0 Å². The molecule has 2 aliphatic rings. The van der Waals surface area contributed by atoms with Gasteiger partial charge in [-0.1, -0.05) is 30.2 Å². The highest BCUT2D eigenvalue weighted by atomic mass is 16.6. The van der Waals surface area contributed by atoms with Crippen LogP contribution in [0.4, 0.5) is 0 Å². The second-order valence-corrected chi connectivity index (χ2v) is 5.99. The number of benzene rings is 1. The van der Waals surface area contributed by atoms with E-state index in [4.69, 9.17) is 4.74 Å². The second kappa shape index (κ2) is 4.65. The van der Waals surface area contributed by atoms with Crippen LogP contribution in [0.25, 0.3) is 5.57 Å². The van der Waals surface area contributed by atoms with Crippen LogP contribution in [0.2, 0.25) is 0 Å². The van der Waals surface area contributed by atoms with Crippen LogP contribution in [0.1, 0.15) is 48.8 Å². The summed E-state index contributed by atoms with van der Waals surface area (Å²) >= 11 is 0. The zero-order chi connectivity index (χ0) is 14.3. The first-order chi connectivity index (χ1) is 9.53. The maximum atomic E-state index is 12.3. The van der Waals surface area contributed by atoms with Crippen molar-refractivity contribution in [2.75, 3.05) is 0 Å². The molecule has 3 heteroatoms. The third kappa shape index (κ3) is 1.92. The first kappa shape index (κ1) is 13.2. The van der Waals surface area contributed by atoms with Gasteiger partial charge in [0.1, 0.15) is 5.57 Å². The fourth-order valence-electron chi connectivity index (χ4n) is 3.31. The molecule has 20 heavy (non-hydrogen) atoms. The molecule has 0 saturated heterocycles. The Morgan fingerprint density at radius 2 is 1.85 bits per heavy atom. The van der Waals surface area contributed by atoms with Gasteiger partial charge in [0.05, 0.1) is 0 Å². The Morgan fingerprint density at radius 3 is 2.55 bits per heavy atom. The molecule has 106 valence electrons. The molecular formula is C17H20O3. The minimum atomic E-state index is -0.749. The van der Waals surface area contributed by atoms with Crippen molar-refractivity contribution >= 4 is 11.5 Å². The zero-order valence-corrected chi connectivity index (χ0v) is 12.0. The minimum absolute atomic E-state index is 0.149. The van der Waals surface area contributed by atoms with Crippen LogP contribution in [0.15, 0.2) is 24.0 Å². The summed E-state index contributed by atoms with van der Waals surface area (Å²) in [5.74, 6) is -0.228. The number of aryl methyl sites for hydroxylation is 2. The van der Waals surface area contributed by atoms with Gasteiger partial charge in [0.2, 0.25) is 0 Å². The summed E-state index contributed by atoms with van der Waals surface area (Å²) in [4.78, 5) is 12.3. The number of hydrogen-bond donors (Lipinski definition) is 1. The topological polar surface area (TPSA) is 46.5 Å². The Morgan fingerprint density at radius 1 is 1.15 bits per heavy atom. The van der Waals surface area contributed by atoms with Gasteiger partial charge in [-0.2, -0.15) is 0 Å². The smallest absolute Gasteiger partial charge is 0.343 e. The molecule has 0 atom stereocenters. The van der Waals surface area contributed by atoms with Crippen LogP contribution >= 0.6 is 0 Å². The fraction of sp³-hybridized carbons (Fsp3) is 0.471. The van der Waals surface area contributed by atoms with E-state index in [0.29, 0.717) is 5.57 Å². The number of rotatable bonds is 1. The highest BCUT2D eigenvalue weighted by molar-refractivity contribution is 6.20. The predicted molar refractivity (Wildman–Crippen MR) is 77.4 cm³/mol. The van der Waals surface area contributed by atoms with Crippen molar-refractivity contribution in [3.63, 3.8) is 0 Å². The molecule has 0 unspecified atom stereocenters. The average Bonchev–Trinajstić information content (AvgIpc) is 2.65. The van der Waals surface area contributed by atoms with E-state index < -0.39 is 5.60 Å². The van der Waals surface area contributed by atoms with Crippen LogP contribution in [-0.2, 0) is 9.53 Å². The van der Waals surface area contributed by atoms with Crippen LogP contribution in [0, 0.1) is 13.8 Å². The van der Waals surface area contributed by atoms with E-state index in [2.05, 4.69) is 0 Å². The third-order valence-electron chi connectivity index (χ3n) is 4.48. The Labute approximate surface area is 119 Å². The van der Waals surface area contributed by atoms with Gasteiger partial charge in [-0.3, -0.25) is 0 Å². The molecular weight excluding hydrogens is 252 g/mol. The molecule has 1 aromatic carbocycles. The van der Waals surface area contributed by atoms with Crippen molar-refractivity contribution in [1.82, 2.24) is 0 Å². The first-order valence-electron chi connectivity index (χ1n) is 7.28. The van der Waals surface area contributed by atoms with E-state index in [-0.39, 0.29) is 11.7 Å². The Hall–Kier alpha value is -1.77. The maximum absolute atomic E-state index is 12.3. The van der Waals surface area contributed by atoms with Gasteiger partial charge in [-0.25, -0.2) is 4.79 Å². The molecule has 0 bridgehead atoms. The van der Waals surface area contributed by atoms with Gasteiger partial charge in [0, 0.05) is 0 Å². The number of carbonyl (C=O) groups excluding carboxylic acids is 1. The van der Waals surface area contributed by atoms with Crippen LogP contribution in [0.3, 0.4) is 0 Å². The molecule has 1 aliphatic heterocycles. The normalized spacial score (nSPS) is 21.4. The summed E-state index contributed by atoms with van der Waals surface area (Å²) in [5.41, 5.74) is 2.48. The summed E-state index contributed by atoms with van der Waals surface area (Å²) in [6.45, 7) is 3.94. The highest BCUT2D eigenvalue weighted by Crippen LogP contribution is 2.45. The summed E-state index contributed by atoms with van der Waals surface area (Å²) in [6, 6.07) is 5.93. The summed E-state index contributed by atoms with van der Waals surface area (Å²) < 4.78 is 5.60. The van der Waals surface area contributed by atoms with Gasteiger partial charge >= 0.3 is 5.97 Å². The minimum Gasteiger partial charge on any atom is -0.507 e. The van der Waals surface area contributed by atoms with E-state index in [1.807, 2.05) is 32.0 Å². The van der Waals surface area contributed by atoms with Crippen molar-refractivity contribution < 1.29 is 14.6 Å². The van der Waals surface area contributed by atoms with Crippen LogP contribution in [0.5, 0.6) is 0 Å². The SMILES string of the molecule is Cc1ccc(C)c(C2=C(O)C3(CCCCC3)OC2=O)c1. The monoisotopic (exact) mass is 272 g/mol. The lowest BCUT2D eigenvalue weighted by Gasteiger charge is -2.31. The Kier molecular flexibility index (Phi) is 3.08. The lowest BCUT2D eigenvalue weighted by molar-refractivity contribution is -0.149. The van der Waals surface area contributed by atoms with E-state index >= 15 is 0 Å². The summed E-state index contributed by atoms with van der Waals surface area (Å²) in [7, 11) is 0. The molecule has 0 amide bonds. The molecule has 1 aliphatic carbocycles. The molecule has 0 radical (unpaired) electrons. The molecule has 0 aromatic heterocycles. The fourth-order valence-corrected chi connectivity index (χ4v) is 3.31. The van der Waals surface area contributed by atoms with Gasteiger partial charge in [0.25, 0.3) is 0 Å². The van der Waals surface area contributed by atoms with E-state index in [9.17, 15) is 9.90 Å². The summed E-state index contributed by atoms with van der Waals surface area (Å²) in [5, 5.41) is 10.6. The van der Waals surface area contributed by atoms with Gasteiger partial charge in [0.15, 0.2) is 11.4 Å². The van der Waals surface area contributed by atoms with Crippen molar-refractivity contribution in [2.24, 2.45) is 0 Å². The molecule has 1 spiro atoms. The number of hydrogen-bond acceptors (Lipinski definition) is 3. The lowest BCUT2D eigenvalue weighted by atomic mass is 9.82. The predicted octanol–water partition coefficient (Wildman–Crippen LogP) is 3.83. The van der Waals surface area contributed by atoms with Crippen molar-refractivity contribution in [3.8, 4) is 0 Å². The molecule has 1 heterocycles. The lowest BCUT2D eigenvalue weighted by Crippen LogP contribution is -2.34. The number of aliphatic hydroxyl groups excluding tert-OH is 1. The molecule has 1 saturated carbocycles. The molecule has 1 aromatic rings. The van der Waals surface area contributed by atoms with Crippen LogP contribution in [-0.4, -0.2) is 16.7 Å². The van der Waals surface area contributed by atoms with Gasteiger partial charge in [-0.05, 0) is 50.7 Å². The second-order valence-electron chi connectivity index (χ2n) is 5.99. The maximum Gasteiger partial charge on any atom is 0.343 e. The standard InChI is InChI=1S/C17H20O3/c1-11-6-7-12(2)13(10-11)14-15(18)17(20-16(14)19)8-4-3-5-9-17/h6-7,10,18H,3-5,8-9H2,1-2H3. The quantitative estimate of drug-likeness (QED) is 0.790. The van der Waals surface area contributed by atoms with Crippen molar-refractivity contribution in [3.05, 3.63) is 40.6 Å². The average molecular weight is 272 g/mol. The molecule has 1 fully saturated rings. The Bertz CT molecular complexity index is 592. The summed E-state index contributed by atoms with van der Waals surface area (Å²) in [6.07, 6.45) is 4.61. The number of esters is 1. The van der Waals surface area contributed by atoms with E-state index in [1.54, 1.807) is 0 Å². The van der Waals surface area contributed by atoms with Crippen molar-refractivity contribution in [2.45, 2.75) is 51.6 Å².